The molecule has 0 saturated heterocycles. The molecule has 0 fully saturated rings. The Hall–Kier alpha value is -4.02. The molecule has 0 radical (unpaired) electrons. The number of rotatable bonds is 15. The molecule has 1 aliphatic rings. The van der Waals surface area contributed by atoms with E-state index in [4.69, 9.17) is 5.73 Å². The van der Waals surface area contributed by atoms with E-state index in [1.165, 1.54) is 7.05 Å². The number of carbonyl (C=O) groups is 8. The summed E-state index contributed by atoms with van der Waals surface area (Å²) in [6.45, 7) is 2.97. The number of carbonyl (C=O) groups excluding carboxylic acids is 8. The minimum absolute atomic E-state index is 0.0620. The third-order valence-electron chi connectivity index (χ3n) is 6.06. The number of nitrogens with two attached hydrogens (primary N) is 1. The lowest BCUT2D eigenvalue weighted by molar-refractivity contribution is -0.145. The maximum absolute atomic E-state index is 13.9. The van der Waals surface area contributed by atoms with Gasteiger partial charge in [0.25, 0.3) is 17.7 Å². The Labute approximate surface area is 237 Å². The summed E-state index contributed by atoms with van der Waals surface area (Å²) in [4.78, 5) is 99.3. The van der Waals surface area contributed by atoms with E-state index in [-0.39, 0.29) is 44.7 Å². The molecule has 0 aromatic heterocycles. The Balaban J connectivity index is 3.55. The standard InChI is InChI=1S/C25H40N8O8/c1-15(2)17(14-36)30-21-25(41)33(22(24(40)27-3)28-10-12-34)11-6-4-5-7-19(38)31-20(23(39)32-21)29-16(13-35)8-9-18(26)37/h4,6,12-17,20-22,28-30H,5,7-11H2,1-3H3,(H2,26,37)(H,27,40)(H,31,38)(H,32,39)/b6-4-/t16-,17+,20+,21+,22+/m0/s1. The number of nitrogens with zero attached hydrogens (tertiary/aromatic N) is 1. The average molecular weight is 581 g/mol. The molecule has 5 atom stereocenters. The third-order valence-corrected chi connectivity index (χ3v) is 6.06. The molecule has 8 N–H and O–H groups in total. The quantitative estimate of drug-likeness (QED) is 0.0731. The van der Waals surface area contributed by atoms with Gasteiger partial charge in [-0.15, -0.1) is 0 Å². The second-order valence-corrected chi connectivity index (χ2v) is 9.52. The van der Waals surface area contributed by atoms with E-state index in [0.717, 1.165) is 4.90 Å². The summed E-state index contributed by atoms with van der Waals surface area (Å²) in [5, 5.41) is 15.4. The second kappa shape index (κ2) is 18.4. The van der Waals surface area contributed by atoms with Crippen LogP contribution in [0.2, 0.25) is 0 Å². The molecule has 1 rings (SSSR count). The molecule has 5 amide bonds. The molecule has 0 aromatic rings. The fraction of sp³-hybridized carbons (Fsp3) is 0.600. The van der Waals surface area contributed by atoms with Crippen LogP contribution in [0.25, 0.3) is 0 Å². The Bertz CT molecular complexity index is 989. The average Bonchev–Trinajstić information content (AvgIpc) is 2.94. The van der Waals surface area contributed by atoms with Crippen LogP contribution in [-0.4, -0.2) is 104 Å². The van der Waals surface area contributed by atoms with E-state index in [1.54, 1.807) is 26.0 Å². The summed E-state index contributed by atoms with van der Waals surface area (Å²) >= 11 is 0. The largest absolute Gasteiger partial charge is 0.370 e. The lowest BCUT2D eigenvalue weighted by Gasteiger charge is -2.35. The number of hydrogen-bond donors (Lipinski definition) is 7. The van der Waals surface area contributed by atoms with Gasteiger partial charge in [0.2, 0.25) is 11.8 Å². The van der Waals surface area contributed by atoms with Crippen molar-refractivity contribution < 1.29 is 38.4 Å². The lowest BCUT2D eigenvalue weighted by atomic mass is 10.1. The fourth-order valence-corrected chi connectivity index (χ4v) is 3.75. The van der Waals surface area contributed by atoms with Crippen molar-refractivity contribution in [2.75, 3.05) is 20.1 Å². The molecule has 16 heteroatoms. The van der Waals surface area contributed by atoms with Crippen LogP contribution in [-0.2, 0) is 38.4 Å². The molecule has 0 spiro atoms. The molecule has 0 aromatic carbocycles. The van der Waals surface area contributed by atoms with Crippen LogP contribution >= 0.6 is 0 Å². The van der Waals surface area contributed by atoms with E-state index in [9.17, 15) is 38.4 Å². The molecule has 0 unspecified atom stereocenters. The SMILES string of the molecule is CNC(=O)[C@H](NCC=O)N1C/C=C\CCC(=O)N[C@@H](N[C@H](C=O)CCC(N)=O)C(=O)N[C@@H](N[C@H](C=O)C(C)C)C1=O. The normalized spacial score (nSPS) is 21.6. The van der Waals surface area contributed by atoms with Gasteiger partial charge in [-0.2, -0.15) is 0 Å². The minimum atomic E-state index is -1.60. The first-order valence-electron chi connectivity index (χ1n) is 13.1. The summed E-state index contributed by atoms with van der Waals surface area (Å²) in [5.41, 5.74) is 5.16. The number of allylic oxidation sites excluding steroid dienone is 1. The number of hydrogen-bond acceptors (Lipinski definition) is 11. The van der Waals surface area contributed by atoms with Gasteiger partial charge in [-0.3, -0.25) is 39.9 Å². The van der Waals surface area contributed by atoms with E-state index in [1.807, 2.05) is 0 Å². The van der Waals surface area contributed by atoms with Crippen molar-refractivity contribution in [1.82, 2.24) is 36.8 Å². The van der Waals surface area contributed by atoms with Gasteiger partial charge in [0, 0.05) is 26.4 Å². The summed E-state index contributed by atoms with van der Waals surface area (Å²) in [7, 11) is 1.34. The van der Waals surface area contributed by atoms with Gasteiger partial charge in [-0.25, -0.2) is 0 Å². The smallest absolute Gasteiger partial charge is 0.262 e. The summed E-state index contributed by atoms with van der Waals surface area (Å²) in [6.07, 6.45) is 0.0844. The molecule has 0 bridgehead atoms. The topological polar surface area (TPSA) is 238 Å². The second-order valence-electron chi connectivity index (χ2n) is 9.52. The number of amides is 5. The Morgan fingerprint density at radius 2 is 1.78 bits per heavy atom. The highest BCUT2D eigenvalue weighted by Gasteiger charge is 2.36. The minimum Gasteiger partial charge on any atom is -0.370 e. The van der Waals surface area contributed by atoms with Gasteiger partial charge in [-0.05, 0) is 18.8 Å². The fourth-order valence-electron chi connectivity index (χ4n) is 3.75. The van der Waals surface area contributed by atoms with Gasteiger partial charge in [0.1, 0.15) is 18.9 Å². The molecule has 1 aliphatic heterocycles. The first kappa shape index (κ1) is 35.0. The number of nitrogens with one attached hydrogen (secondary N) is 6. The van der Waals surface area contributed by atoms with Crippen LogP contribution in [0.5, 0.6) is 0 Å². The van der Waals surface area contributed by atoms with Gasteiger partial charge in [-0.1, -0.05) is 26.0 Å². The van der Waals surface area contributed by atoms with Gasteiger partial charge in [0.05, 0.1) is 18.6 Å². The van der Waals surface area contributed by atoms with Crippen molar-refractivity contribution in [3.63, 3.8) is 0 Å². The number of primary amides is 1. The van der Waals surface area contributed by atoms with Crippen LogP contribution in [0.3, 0.4) is 0 Å². The van der Waals surface area contributed by atoms with E-state index < -0.39 is 60.1 Å². The first-order valence-corrected chi connectivity index (χ1v) is 13.1. The van der Waals surface area contributed by atoms with Crippen LogP contribution in [0, 0.1) is 5.92 Å². The highest BCUT2D eigenvalue weighted by atomic mass is 16.2. The zero-order valence-electron chi connectivity index (χ0n) is 23.4. The van der Waals surface area contributed by atoms with Crippen molar-refractivity contribution in [3.8, 4) is 0 Å². The molecule has 228 valence electrons. The van der Waals surface area contributed by atoms with Crippen molar-refractivity contribution >= 4 is 48.4 Å². The molecular formula is C25H40N8O8. The van der Waals surface area contributed by atoms with Crippen molar-refractivity contribution in [2.24, 2.45) is 11.7 Å². The number of aldehydes is 3. The predicted molar refractivity (Wildman–Crippen MR) is 145 cm³/mol. The van der Waals surface area contributed by atoms with Crippen molar-refractivity contribution in [3.05, 3.63) is 12.2 Å². The van der Waals surface area contributed by atoms with Crippen molar-refractivity contribution in [1.29, 1.82) is 0 Å². The highest BCUT2D eigenvalue weighted by molar-refractivity contribution is 5.94. The maximum atomic E-state index is 13.9. The maximum Gasteiger partial charge on any atom is 0.262 e. The molecule has 0 saturated carbocycles. The van der Waals surface area contributed by atoms with E-state index >= 15 is 0 Å². The summed E-state index contributed by atoms with van der Waals surface area (Å²) < 4.78 is 0. The van der Waals surface area contributed by atoms with E-state index in [2.05, 4.69) is 31.9 Å². The summed E-state index contributed by atoms with van der Waals surface area (Å²) in [6, 6.07) is -1.98. The monoisotopic (exact) mass is 580 g/mol. The molecule has 41 heavy (non-hydrogen) atoms. The molecular weight excluding hydrogens is 540 g/mol. The van der Waals surface area contributed by atoms with Crippen molar-refractivity contribution in [2.45, 2.75) is 70.1 Å². The molecule has 16 nitrogen and oxygen atoms in total. The first-order chi connectivity index (χ1) is 19.5. The Morgan fingerprint density at radius 1 is 1.07 bits per heavy atom. The zero-order valence-corrected chi connectivity index (χ0v) is 23.4. The molecule has 1 heterocycles. The Kier molecular flexibility index (Phi) is 15.7. The lowest BCUT2D eigenvalue weighted by Crippen LogP contribution is -2.67. The van der Waals surface area contributed by atoms with Crippen LogP contribution < -0.4 is 37.6 Å². The van der Waals surface area contributed by atoms with Crippen LogP contribution in [0.1, 0.15) is 39.5 Å². The van der Waals surface area contributed by atoms with Gasteiger partial charge < -0.3 is 41.0 Å². The highest BCUT2D eigenvalue weighted by Crippen LogP contribution is 2.07. The zero-order chi connectivity index (χ0) is 30.9. The third kappa shape index (κ3) is 11.9. The number of likely N-dealkylation sites (N-methyl/N-ethyl adjacent to an activating group) is 1. The Morgan fingerprint density at radius 3 is 2.34 bits per heavy atom. The van der Waals surface area contributed by atoms with Crippen LogP contribution in [0.15, 0.2) is 12.2 Å². The summed E-state index contributed by atoms with van der Waals surface area (Å²) in [5.74, 6) is -4.00. The van der Waals surface area contributed by atoms with Gasteiger partial charge >= 0.3 is 0 Å². The van der Waals surface area contributed by atoms with Crippen LogP contribution in [0.4, 0.5) is 0 Å². The predicted octanol–water partition coefficient (Wildman–Crippen LogP) is -3.85. The van der Waals surface area contributed by atoms with Gasteiger partial charge in [0.15, 0.2) is 18.5 Å². The van der Waals surface area contributed by atoms with E-state index in [0.29, 0.717) is 18.9 Å². The molecule has 0 aliphatic carbocycles.